The lowest BCUT2D eigenvalue weighted by atomic mass is 10.0. The standard InChI is InChI=1S/C22H30N2O3/c1-4-24(5-2)19(15-18-11-7-6-8-12-18)16-23-22(25)17-27-21-14-10-9-13-20(21)26-3/h6-14,19H,4-5,15-17H2,1-3H3,(H,23,25). The van der Waals surface area contributed by atoms with E-state index >= 15 is 0 Å². The minimum atomic E-state index is -0.133. The van der Waals surface area contributed by atoms with Crippen LogP contribution in [0.5, 0.6) is 11.5 Å². The van der Waals surface area contributed by atoms with Crippen LogP contribution >= 0.6 is 0 Å². The van der Waals surface area contributed by atoms with E-state index < -0.39 is 0 Å². The van der Waals surface area contributed by atoms with Gasteiger partial charge in [-0.05, 0) is 37.2 Å². The van der Waals surface area contributed by atoms with Gasteiger partial charge >= 0.3 is 0 Å². The number of nitrogens with one attached hydrogen (secondary N) is 1. The first-order valence-corrected chi connectivity index (χ1v) is 9.48. The molecule has 1 N–H and O–H groups in total. The van der Waals surface area contributed by atoms with Crippen molar-refractivity contribution in [3.63, 3.8) is 0 Å². The molecule has 5 nitrogen and oxygen atoms in total. The molecule has 2 aromatic rings. The summed E-state index contributed by atoms with van der Waals surface area (Å²) in [6, 6.07) is 17.9. The van der Waals surface area contributed by atoms with Crippen molar-refractivity contribution in [2.24, 2.45) is 0 Å². The minimum absolute atomic E-state index is 0.0311. The summed E-state index contributed by atoms with van der Waals surface area (Å²) in [5, 5.41) is 3.01. The number of para-hydroxylation sites is 2. The molecule has 0 saturated carbocycles. The molecule has 0 aromatic heterocycles. The summed E-state index contributed by atoms with van der Waals surface area (Å²) < 4.78 is 10.8. The lowest BCUT2D eigenvalue weighted by Crippen LogP contribution is -2.46. The SMILES string of the molecule is CCN(CC)C(CNC(=O)COc1ccccc1OC)Cc1ccccc1. The Labute approximate surface area is 162 Å². The highest BCUT2D eigenvalue weighted by Gasteiger charge is 2.17. The molecule has 0 radical (unpaired) electrons. The fourth-order valence-corrected chi connectivity index (χ4v) is 3.12. The Bertz CT molecular complexity index is 687. The van der Waals surface area contributed by atoms with Crippen molar-refractivity contribution in [3.05, 3.63) is 60.2 Å². The largest absolute Gasteiger partial charge is 0.493 e. The third-order valence-corrected chi connectivity index (χ3v) is 4.61. The van der Waals surface area contributed by atoms with Crippen LogP contribution in [-0.4, -0.2) is 50.2 Å². The number of carbonyl (C=O) groups excluding carboxylic acids is 1. The molecule has 0 aliphatic carbocycles. The van der Waals surface area contributed by atoms with Crippen LogP contribution in [0.25, 0.3) is 0 Å². The Hall–Kier alpha value is -2.53. The number of amides is 1. The molecule has 0 saturated heterocycles. The van der Waals surface area contributed by atoms with Gasteiger partial charge in [0, 0.05) is 12.6 Å². The first-order valence-electron chi connectivity index (χ1n) is 9.48. The molecule has 1 unspecified atom stereocenters. The van der Waals surface area contributed by atoms with Crippen molar-refractivity contribution < 1.29 is 14.3 Å². The van der Waals surface area contributed by atoms with Gasteiger partial charge in [0.05, 0.1) is 7.11 Å². The van der Waals surface area contributed by atoms with E-state index in [9.17, 15) is 4.79 Å². The summed E-state index contributed by atoms with van der Waals surface area (Å²) in [5.41, 5.74) is 1.27. The molecule has 0 fully saturated rings. The van der Waals surface area contributed by atoms with Gasteiger partial charge in [-0.3, -0.25) is 9.69 Å². The summed E-state index contributed by atoms with van der Waals surface area (Å²) >= 11 is 0. The number of ether oxygens (including phenoxy) is 2. The molecule has 2 aromatic carbocycles. The van der Waals surface area contributed by atoms with Crippen LogP contribution in [-0.2, 0) is 11.2 Å². The van der Waals surface area contributed by atoms with Crippen molar-refractivity contribution in [2.75, 3.05) is 33.4 Å². The van der Waals surface area contributed by atoms with Crippen LogP contribution in [0, 0.1) is 0 Å². The van der Waals surface area contributed by atoms with Crippen LogP contribution in [0.3, 0.4) is 0 Å². The van der Waals surface area contributed by atoms with Gasteiger partial charge < -0.3 is 14.8 Å². The molecule has 27 heavy (non-hydrogen) atoms. The molecule has 5 heteroatoms. The normalized spacial score (nSPS) is 11.9. The molecule has 1 amide bonds. The molecule has 1 atom stereocenters. The van der Waals surface area contributed by atoms with E-state index in [1.807, 2.05) is 36.4 Å². The van der Waals surface area contributed by atoms with E-state index in [2.05, 4.69) is 36.2 Å². The molecular formula is C22H30N2O3. The highest BCUT2D eigenvalue weighted by molar-refractivity contribution is 5.77. The van der Waals surface area contributed by atoms with E-state index in [1.54, 1.807) is 13.2 Å². The molecule has 0 heterocycles. The maximum absolute atomic E-state index is 12.3. The number of methoxy groups -OCH3 is 1. The topological polar surface area (TPSA) is 50.8 Å². The summed E-state index contributed by atoms with van der Waals surface area (Å²) in [6.45, 7) is 6.74. The van der Waals surface area contributed by atoms with Gasteiger partial charge in [0.25, 0.3) is 5.91 Å². The zero-order valence-corrected chi connectivity index (χ0v) is 16.5. The average molecular weight is 370 g/mol. The quantitative estimate of drug-likeness (QED) is 0.660. The summed E-state index contributed by atoms with van der Waals surface area (Å²) in [7, 11) is 1.58. The van der Waals surface area contributed by atoms with Crippen LogP contribution in [0.15, 0.2) is 54.6 Å². The molecule has 0 aliphatic heterocycles. The Morgan fingerprint density at radius 3 is 2.26 bits per heavy atom. The predicted octanol–water partition coefficient (Wildman–Crippen LogP) is 3.14. The van der Waals surface area contributed by atoms with Gasteiger partial charge in [0.15, 0.2) is 18.1 Å². The Morgan fingerprint density at radius 2 is 1.63 bits per heavy atom. The van der Waals surface area contributed by atoms with E-state index in [0.717, 1.165) is 19.5 Å². The van der Waals surface area contributed by atoms with Gasteiger partial charge in [-0.25, -0.2) is 0 Å². The Balaban J connectivity index is 1.90. The number of benzene rings is 2. The minimum Gasteiger partial charge on any atom is -0.493 e. The molecular weight excluding hydrogens is 340 g/mol. The fraction of sp³-hybridized carbons (Fsp3) is 0.409. The van der Waals surface area contributed by atoms with Crippen LogP contribution in [0.4, 0.5) is 0 Å². The molecule has 0 aliphatic rings. The lowest BCUT2D eigenvalue weighted by molar-refractivity contribution is -0.123. The van der Waals surface area contributed by atoms with Crippen molar-refractivity contribution in [3.8, 4) is 11.5 Å². The first-order chi connectivity index (χ1) is 13.2. The number of likely N-dealkylation sites (N-methyl/N-ethyl adjacent to an activating group) is 1. The fourth-order valence-electron chi connectivity index (χ4n) is 3.12. The van der Waals surface area contributed by atoms with E-state index in [-0.39, 0.29) is 18.6 Å². The van der Waals surface area contributed by atoms with Crippen LogP contribution < -0.4 is 14.8 Å². The maximum Gasteiger partial charge on any atom is 0.257 e. The smallest absolute Gasteiger partial charge is 0.257 e. The van der Waals surface area contributed by atoms with Crippen molar-refractivity contribution in [1.82, 2.24) is 10.2 Å². The highest BCUT2D eigenvalue weighted by Crippen LogP contribution is 2.25. The number of hydrogen-bond acceptors (Lipinski definition) is 4. The highest BCUT2D eigenvalue weighted by atomic mass is 16.5. The third-order valence-electron chi connectivity index (χ3n) is 4.61. The molecule has 146 valence electrons. The summed E-state index contributed by atoms with van der Waals surface area (Å²) in [4.78, 5) is 14.6. The van der Waals surface area contributed by atoms with Gasteiger partial charge in [-0.15, -0.1) is 0 Å². The van der Waals surface area contributed by atoms with E-state index in [1.165, 1.54) is 5.56 Å². The van der Waals surface area contributed by atoms with Gasteiger partial charge in [0.1, 0.15) is 0 Å². The lowest BCUT2D eigenvalue weighted by Gasteiger charge is -2.30. The second-order valence-electron chi connectivity index (χ2n) is 6.31. The summed E-state index contributed by atoms with van der Waals surface area (Å²) in [5.74, 6) is 1.06. The van der Waals surface area contributed by atoms with Gasteiger partial charge in [-0.2, -0.15) is 0 Å². The van der Waals surface area contributed by atoms with Crippen molar-refractivity contribution in [1.29, 1.82) is 0 Å². The number of nitrogens with zero attached hydrogens (tertiary/aromatic N) is 1. The van der Waals surface area contributed by atoms with Crippen molar-refractivity contribution >= 4 is 5.91 Å². The zero-order chi connectivity index (χ0) is 19.5. The number of hydrogen-bond donors (Lipinski definition) is 1. The second kappa shape index (κ2) is 11.2. The predicted molar refractivity (Wildman–Crippen MR) is 108 cm³/mol. The van der Waals surface area contributed by atoms with Gasteiger partial charge in [-0.1, -0.05) is 56.3 Å². The van der Waals surface area contributed by atoms with E-state index in [4.69, 9.17) is 9.47 Å². The van der Waals surface area contributed by atoms with Crippen LogP contribution in [0.2, 0.25) is 0 Å². The average Bonchev–Trinajstić information content (AvgIpc) is 2.72. The Morgan fingerprint density at radius 1 is 1.00 bits per heavy atom. The third kappa shape index (κ3) is 6.61. The van der Waals surface area contributed by atoms with Crippen molar-refractivity contribution in [2.45, 2.75) is 26.3 Å². The molecule has 0 spiro atoms. The Kier molecular flexibility index (Phi) is 8.65. The van der Waals surface area contributed by atoms with Gasteiger partial charge in [0.2, 0.25) is 0 Å². The zero-order valence-electron chi connectivity index (χ0n) is 16.5. The maximum atomic E-state index is 12.3. The number of rotatable bonds is 11. The molecule has 0 bridgehead atoms. The molecule has 2 rings (SSSR count). The first kappa shape index (κ1) is 20.8. The summed E-state index contributed by atoms with van der Waals surface area (Å²) in [6.07, 6.45) is 0.899. The monoisotopic (exact) mass is 370 g/mol. The van der Waals surface area contributed by atoms with Crippen LogP contribution in [0.1, 0.15) is 19.4 Å². The second-order valence-corrected chi connectivity index (χ2v) is 6.31. The van der Waals surface area contributed by atoms with E-state index in [0.29, 0.717) is 18.0 Å². The number of carbonyl (C=O) groups is 1.